The van der Waals surface area contributed by atoms with E-state index in [0.717, 1.165) is 17.0 Å². The normalized spacial score (nSPS) is 13.2. The van der Waals surface area contributed by atoms with Crippen molar-refractivity contribution in [2.24, 2.45) is 0 Å². The molecular weight excluding hydrogens is 614 g/mol. The molecule has 0 unspecified atom stereocenters. The second-order valence-corrected chi connectivity index (χ2v) is 12.3. The summed E-state index contributed by atoms with van der Waals surface area (Å²) < 4.78 is 69.3. The lowest BCUT2D eigenvalue weighted by molar-refractivity contribution is -0.139. The number of carbonyl (C=O) groups is 2. The molecule has 0 heterocycles. The zero-order valence-corrected chi connectivity index (χ0v) is 25.4. The van der Waals surface area contributed by atoms with Gasteiger partial charge in [-0.1, -0.05) is 66.5 Å². The zero-order chi connectivity index (χ0) is 31.2. The summed E-state index contributed by atoms with van der Waals surface area (Å²) in [5.41, 5.74) is -1.21. The standard InChI is InChI=1S/C29H30Cl2F3N3O4S/c1-4-19(2)35-28(39)20(3)36(17-21-10-8-9-13-25(21)30)27(38)18-37(42(40,41)23-11-6-5-7-12-23)22-14-15-26(31)24(16-22)29(32,33)34/h5-16,19-20H,4,17-18H2,1-3H3,(H,35,39)/t19-,20+/m0/s1. The third-order valence-corrected chi connectivity index (χ3v) is 9.11. The van der Waals surface area contributed by atoms with Gasteiger partial charge in [0.25, 0.3) is 10.0 Å². The van der Waals surface area contributed by atoms with Gasteiger partial charge in [0.1, 0.15) is 12.6 Å². The third-order valence-electron chi connectivity index (χ3n) is 6.62. The molecule has 0 fully saturated rings. The fourth-order valence-corrected chi connectivity index (χ4v) is 5.84. The van der Waals surface area contributed by atoms with Crippen LogP contribution in [0.15, 0.2) is 77.7 Å². The van der Waals surface area contributed by atoms with Gasteiger partial charge >= 0.3 is 6.18 Å². The van der Waals surface area contributed by atoms with Crippen LogP contribution in [0.25, 0.3) is 0 Å². The zero-order valence-electron chi connectivity index (χ0n) is 23.0. The fraction of sp³-hybridized carbons (Fsp3) is 0.310. The predicted octanol–water partition coefficient (Wildman–Crippen LogP) is 6.54. The minimum Gasteiger partial charge on any atom is -0.352 e. The Hall–Kier alpha value is -3.28. The third kappa shape index (κ3) is 7.96. The molecular formula is C29H30Cl2F3N3O4S. The number of benzene rings is 3. The number of rotatable bonds is 11. The number of sulfonamides is 1. The van der Waals surface area contributed by atoms with Crippen molar-refractivity contribution >= 4 is 50.7 Å². The first kappa shape index (κ1) is 33.2. The van der Waals surface area contributed by atoms with E-state index < -0.39 is 56.9 Å². The Bertz CT molecular complexity index is 1520. The SMILES string of the molecule is CC[C@H](C)NC(=O)[C@@H](C)N(Cc1ccccc1Cl)C(=O)CN(c1ccc(Cl)c(C(F)(F)F)c1)S(=O)(=O)c1ccccc1. The summed E-state index contributed by atoms with van der Waals surface area (Å²) >= 11 is 12.1. The van der Waals surface area contributed by atoms with Crippen LogP contribution in [-0.2, 0) is 32.3 Å². The van der Waals surface area contributed by atoms with Gasteiger partial charge in [-0.05, 0) is 62.2 Å². The number of hydrogen-bond acceptors (Lipinski definition) is 4. The van der Waals surface area contributed by atoms with Gasteiger partial charge in [-0.15, -0.1) is 0 Å². The Morgan fingerprint density at radius 1 is 0.929 bits per heavy atom. The average Bonchev–Trinajstić information content (AvgIpc) is 2.95. The maximum absolute atomic E-state index is 13.9. The summed E-state index contributed by atoms with van der Waals surface area (Å²) in [6.07, 6.45) is -4.27. The van der Waals surface area contributed by atoms with Crippen LogP contribution in [0.3, 0.4) is 0 Å². The van der Waals surface area contributed by atoms with Crippen molar-refractivity contribution in [3.05, 3.63) is 94.0 Å². The predicted molar refractivity (Wildman–Crippen MR) is 157 cm³/mol. The molecule has 7 nitrogen and oxygen atoms in total. The fourth-order valence-electron chi connectivity index (χ4n) is 3.99. The summed E-state index contributed by atoms with van der Waals surface area (Å²) in [5, 5.41) is 2.48. The van der Waals surface area contributed by atoms with Crippen LogP contribution in [0.4, 0.5) is 18.9 Å². The maximum Gasteiger partial charge on any atom is 0.417 e. The maximum atomic E-state index is 13.9. The number of nitrogens with one attached hydrogen (secondary N) is 1. The number of halogens is 5. The monoisotopic (exact) mass is 643 g/mol. The number of amides is 2. The summed E-state index contributed by atoms with van der Waals surface area (Å²) in [4.78, 5) is 27.9. The van der Waals surface area contributed by atoms with E-state index in [1.807, 2.05) is 6.92 Å². The number of alkyl halides is 3. The summed E-state index contributed by atoms with van der Waals surface area (Å²) in [7, 11) is -4.56. The van der Waals surface area contributed by atoms with E-state index in [4.69, 9.17) is 23.2 Å². The lowest BCUT2D eigenvalue weighted by atomic mass is 10.1. The lowest BCUT2D eigenvalue weighted by Crippen LogP contribution is -2.52. The molecule has 3 aromatic carbocycles. The molecule has 2 atom stereocenters. The molecule has 1 N–H and O–H groups in total. The van der Waals surface area contributed by atoms with Crippen molar-refractivity contribution in [2.45, 2.75) is 56.9 Å². The smallest absolute Gasteiger partial charge is 0.352 e. The van der Waals surface area contributed by atoms with E-state index in [1.54, 1.807) is 37.3 Å². The first-order valence-electron chi connectivity index (χ1n) is 12.9. The van der Waals surface area contributed by atoms with Crippen molar-refractivity contribution in [3.63, 3.8) is 0 Å². The molecule has 0 saturated heterocycles. The molecule has 0 saturated carbocycles. The van der Waals surface area contributed by atoms with Crippen LogP contribution in [0.5, 0.6) is 0 Å². The van der Waals surface area contributed by atoms with E-state index in [1.165, 1.54) is 31.2 Å². The van der Waals surface area contributed by atoms with Crippen LogP contribution >= 0.6 is 23.2 Å². The number of anilines is 1. The van der Waals surface area contributed by atoms with E-state index in [2.05, 4.69) is 5.32 Å². The van der Waals surface area contributed by atoms with Crippen LogP contribution in [0.1, 0.15) is 38.3 Å². The Kier molecular flexibility index (Phi) is 10.9. The minimum absolute atomic E-state index is 0.165. The van der Waals surface area contributed by atoms with Gasteiger partial charge in [0.15, 0.2) is 0 Å². The molecule has 0 aliphatic heterocycles. The van der Waals surface area contributed by atoms with Crippen molar-refractivity contribution in [1.82, 2.24) is 10.2 Å². The quantitative estimate of drug-likeness (QED) is 0.257. The lowest BCUT2D eigenvalue weighted by Gasteiger charge is -2.32. The molecule has 13 heteroatoms. The second kappa shape index (κ2) is 13.8. The topological polar surface area (TPSA) is 86.8 Å². The Balaban J connectivity index is 2.11. The first-order valence-corrected chi connectivity index (χ1v) is 15.1. The summed E-state index contributed by atoms with van der Waals surface area (Å²) in [5.74, 6) is -1.34. The Morgan fingerprint density at radius 2 is 1.55 bits per heavy atom. The molecule has 2 amide bonds. The average molecular weight is 645 g/mol. The highest BCUT2D eigenvalue weighted by molar-refractivity contribution is 7.92. The van der Waals surface area contributed by atoms with Crippen molar-refractivity contribution < 1.29 is 31.2 Å². The van der Waals surface area contributed by atoms with Gasteiger partial charge in [-0.3, -0.25) is 13.9 Å². The highest BCUT2D eigenvalue weighted by atomic mass is 35.5. The second-order valence-electron chi connectivity index (χ2n) is 9.59. The van der Waals surface area contributed by atoms with Gasteiger partial charge in [0, 0.05) is 17.6 Å². The molecule has 3 rings (SSSR count). The van der Waals surface area contributed by atoms with Crippen LogP contribution in [0, 0.1) is 0 Å². The summed E-state index contributed by atoms with van der Waals surface area (Å²) in [6.45, 7) is 4.06. The summed E-state index contributed by atoms with van der Waals surface area (Å²) in [6, 6.07) is 14.9. The van der Waals surface area contributed by atoms with Crippen LogP contribution < -0.4 is 9.62 Å². The van der Waals surface area contributed by atoms with E-state index in [0.29, 0.717) is 27.4 Å². The van der Waals surface area contributed by atoms with Crippen LogP contribution in [-0.4, -0.2) is 43.8 Å². The molecule has 226 valence electrons. The molecule has 3 aromatic rings. The molecule has 42 heavy (non-hydrogen) atoms. The number of nitrogens with zero attached hydrogens (tertiary/aromatic N) is 2. The molecule has 0 bridgehead atoms. The van der Waals surface area contributed by atoms with Gasteiger partial charge < -0.3 is 10.2 Å². The molecule has 0 spiro atoms. The largest absolute Gasteiger partial charge is 0.417 e. The van der Waals surface area contributed by atoms with E-state index in [-0.39, 0.29) is 17.5 Å². The molecule has 0 aromatic heterocycles. The first-order chi connectivity index (χ1) is 19.7. The highest BCUT2D eigenvalue weighted by Crippen LogP contribution is 2.38. The van der Waals surface area contributed by atoms with Gasteiger partial charge in [0.05, 0.1) is 21.2 Å². The highest BCUT2D eigenvalue weighted by Gasteiger charge is 2.37. The van der Waals surface area contributed by atoms with E-state index in [9.17, 15) is 31.2 Å². The van der Waals surface area contributed by atoms with Crippen LogP contribution in [0.2, 0.25) is 10.0 Å². The van der Waals surface area contributed by atoms with Gasteiger partial charge in [-0.25, -0.2) is 8.42 Å². The van der Waals surface area contributed by atoms with E-state index >= 15 is 0 Å². The van der Waals surface area contributed by atoms with Crippen molar-refractivity contribution in [2.75, 3.05) is 10.8 Å². The molecule has 0 aliphatic rings. The number of hydrogen-bond donors (Lipinski definition) is 1. The minimum atomic E-state index is -4.89. The molecule has 0 aliphatic carbocycles. The number of carbonyl (C=O) groups excluding carboxylic acids is 2. The van der Waals surface area contributed by atoms with Crippen molar-refractivity contribution in [3.8, 4) is 0 Å². The van der Waals surface area contributed by atoms with Crippen molar-refractivity contribution in [1.29, 1.82) is 0 Å². The molecule has 0 radical (unpaired) electrons. The van der Waals surface area contributed by atoms with Gasteiger partial charge in [0.2, 0.25) is 11.8 Å². The van der Waals surface area contributed by atoms with Gasteiger partial charge in [-0.2, -0.15) is 13.2 Å². The Morgan fingerprint density at radius 3 is 2.14 bits per heavy atom. The Labute approximate surface area is 253 Å².